The zero-order valence-electron chi connectivity index (χ0n) is 11.1. The predicted octanol–water partition coefficient (Wildman–Crippen LogP) is 1.99. The number of esters is 1. The Hall–Kier alpha value is -1.84. The molecule has 4 nitrogen and oxygen atoms in total. The summed E-state index contributed by atoms with van der Waals surface area (Å²) in [7, 11) is 1.36. The van der Waals surface area contributed by atoms with Crippen molar-refractivity contribution in [2.24, 2.45) is 0 Å². The van der Waals surface area contributed by atoms with E-state index in [1.807, 2.05) is 26.0 Å². The summed E-state index contributed by atoms with van der Waals surface area (Å²) in [6.45, 7) is 4.38. The number of nitrogens with one attached hydrogen (secondary N) is 1. The molecule has 4 heteroatoms. The Labute approximate surface area is 107 Å². The lowest BCUT2D eigenvalue weighted by molar-refractivity contribution is -0.140. The fourth-order valence-electron chi connectivity index (χ4n) is 1.63. The van der Waals surface area contributed by atoms with Crippen molar-refractivity contribution < 1.29 is 14.3 Å². The number of hydrogen-bond donors (Lipinski definition) is 1. The molecule has 18 heavy (non-hydrogen) atoms. The highest BCUT2D eigenvalue weighted by atomic mass is 16.5. The number of carbonyl (C=O) groups excluding carboxylic acids is 2. The molecule has 0 heterocycles. The van der Waals surface area contributed by atoms with E-state index in [1.165, 1.54) is 7.11 Å². The van der Waals surface area contributed by atoms with E-state index in [-0.39, 0.29) is 11.9 Å². The second kappa shape index (κ2) is 6.79. The molecule has 1 amide bonds. The van der Waals surface area contributed by atoms with Crippen LogP contribution in [0.3, 0.4) is 0 Å². The van der Waals surface area contributed by atoms with Crippen LogP contribution in [0.2, 0.25) is 0 Å². The summed E-state index contributed by atoms with van der Waals surface area (Å²) >= 11 is 0. The summed E-state index contributed by atoms with van der Waals surface area (Å²) < 4.78 is 4.53. The van der Waals surface area contributed by atoms with Crippen LogP contribution in [0.1, 0.15) is 34.3 Å². The minimum Gasteiger partial charge on any atom is -0.469 e. The van der Waals surface area contributed by atoms with Crippen molar-refractivity contribution in [3.8, 4) is 0 Å². The first-order valence-corrected chi connectivity index (χ1v) is 5.97. The largest absolute Gasteiger partial charge is 0.469 e. The average molecular weight is 249 g/mol. The van der Waals surface area contributed by atoms with Crippen molar-refractivity contribution in [2.75, 3.05) is 13.7 Å². The predicted molar refractivity (Wildman–Crippen MR) is 69.5 cm³/mol. The molecule has 0 aliphatic heterocycles. The van der Waals surface area contributed by atoms with E-state index in [2.05, 4.69) is 10.1 Å². The van der Waals surface area contributed by atoms with Gasteiger partial charge in [-0.1, -0.05) is 12.1 Å². The molecule has 0 radical (unpaired) electrons. The smallest absolute Gasteiger partial charge is 0.305 e. The van der Waals surface area contributed by atoms with Crippen molar-refractivity contribution in [3.05, 3.63) is 34.9 Å². The second-order valence-electron chi connectivity index (χ2n) is 4.18. The number of aryl methyl sites for hydroxylation is 1. The minimum atomic E-state index is -0.254. The van der Waals surface area contributed by atoms with Crippen molar-refractivity contribution in [2.45, 2.75) is 26.7 Å². The summed E-state index contributed by atoms with van der Waals surface area (Å²) in [4.78, 5) is 22.8. The number of ether oxygens (including phenoxy) is 1. The number of benzene rings is 1. The maximum Gasteiger partial charge on any atom is 0.305 e. The van der Waals surface area contributed by atoms with Gasteiger partial charge in [0, 0.05) is 18.5 Å². The lowest BCUT2D eigenvalue weighted by Crippen LogP contribution is -2.25. The van der Waals surface area contributed by atoms with E-state index in [1.54, 1.807) is 6.07 Å². The number of rotatable bonds is 5. The van der Waals surface area contributed by atoms with Gasteiger partial charge in [0.25, 0.3) is 5.91 Å². The first-order valence-electron chi connectivity index (χ1n) is 5.97. The molecule has 0 unspecified atom stereocenters. The lowest BCUT2D eigenvalue weighted by Gasteiger charge is -2.09. The van der Waals surface area contributed by atoms with Crippen molar-refractivity contribution in [1.82, 2.24) is 5.32 Å². The van der Waals surface area contributed by atoms with Gasteiger partial charge in [-0.15, -0.1) is 0 Å². The van der Waals surface area contributed by atoms with Crippen LogP contribution in [0.5, 0.6) is 0 Å². The van der Waals surface area contributed by atoms with Gasteiger partial charge in [0.05, 0.1) is 7.11 Å². The fraction of sp³-hybridized carbons (Fsp3) is 0.429. The molecule has 0 aliphatic rings. The Morgan fingerprint density at radius 2 is 2.00 bits per heavy atom. The van der Waals surface area contributed by atoms with Crippen LogP contribution in [-0.4, -0.2) is 25.5 Å². The number of hydrogen-bond acceptors (Lipinski definition) is 3. The Bertz CT molecular complexity index is 441. The molecule has 0 atom stereocenters. The molecule has 0 fully saturated rings. The molecule has 1 aromatic rings. The van der Waals surface area contributed by atoms with Crippen LogP contribution < -0.4 is 5.32 Å². The van der Waals surface area contributed by atoms with Gasteiger partial charge in [-0.2, -0.15) is 0 Å². The quantitative estimate of drug-likeness (QED) is 0.641. The van der Waals surface area contributed by atoms with Gasteiger partial charge in [-0.3, -0.25) is 9.59 Å². The van der Waals surface area contributed by atoms with Gasteiger partial charge in [0.2, 0.25) is 0 Å². The molecule has 1 aromatic carbocycles. The third-order valence-electron chi connectivity index (χ3n) is 2.92. The summed E-state index contributed by atoms with van der Waals surface area (Å²) in [5.41, 5.74) is 2.77. The SMILES string of the molecule is COC(=O)CCCNC(=O)c1cccc(C)c1C. The normalized spacial score (nSPS) is 9.94. The van der Waals surface area contributed by atoms with E-state index in [4.69, 9.17) is 0 Å². The topological polar surface area (TPSA) is 55.4 Å². The monoisotopic (exact) mass is 249 g/mol. The van der Waals surface area contributed by atoms with Gasteiger partial charge >= 0.3 is 5.97 Å². The zero-order valence-corrected chi connectivity index (χ0v) is 11.1. The van der Waals surface area contributed by atoms with Crippen LogP contribution in [-0.2, 0) is 9.53 Å². The first-order chi connectivity index (χ1) is 8.56. The Morgan fingerprint density at radius 1 is 1.28 bits per heavy atom. The Balaban J connectivity index is 2.46. The highest BCUT2D eigenvalue weighted by Gasteiger charge is 2.09. The van der Waals surface area contributed by atoms with Gasteiger partial charge in [0.15, 0.2) is 0 Å². The average Bonchev–Trinajstić information content (AvgIpc) is 2.37. The summed E-state index contributed by atoms with van der Waals surface area (Å²) in [5, 5.41) is 2.80. The van der Waals surface area contributed by atoms with E-state index in [0.29, 0.717) is 24.9 Å². The molecule has 98 valence electrons. The Kier molecular flexibility index (Phi) is 5.36. The molecule has 1 rings (SSSR count). The second-order valence-corrected chi connectivity index (χ2v) is 4.18. The third-order valence-corrected chi connectivity index (χ3v) is 2.92. The number of methoxy groups -OCH3 is 1. The molecule has 0 saturated heterocycles. The molecule has 0 aromatic heterocycles. The van der Waals surface area contributed by atoms with Gasteiger partial charge in [0.1, 0.15) is 0 Å². The van der Waals surface area contributed by atoms with E-state index < -0.39 is 0 Å². The molecule has 0 spiro atoms. The third kappa shape index (κ3) is 3.87. The van der Waals surface area contributed by atoms with Crippen LogP contribution in [0.15, 0.2) is 18.2 Å². The molecular formula is C14H19NO3. The van der Waals surface area contributed by atoms with Crippen molar-refractivity contribution in [3.63, 3.8) is 0 Å². The molecule has 0 aliphatic carbocycles. The van der Waals surface area contributed by atoms with E-state index >= 15 is 0 Å². The van der Waals surface area contributed by atoms with E-state index in [9.17, 15) is 9.59 Å². The van der Waals surface area contributed by atoms with Crippen LogP contribution >= 0.6 is 0 Å². The van der Waals surface area contributed by atoms with Crippen LogP contribution in [0.25, 0.3) is 0 Å². The summed E-state index contributed by atoms with van der Waals surface area (Å²) in [5.74, 6) is -0.350. The van der Waals surface area contributed by atoms with Gasteiger partial charge < -0.3 is 10.1 Å². The Morgan fingerprint density at radius 3 is 2.67 bits per heavy atom. The fourth-order valence-corrected chi connectivity index (χ4v) is 1.63. The zero-order chi connectivity index (χ0) is 13.5. The first kappa shape index (κ1) is 14.2. The number of carbonyl (C=O) groups is 2. The lowest BCUT2D eigenvalue weighted by atomic mass is 10.0. The van der Waals surface area contributed by atoms with Crippen molar-refractivity contribution >= 4 is 11.9 Å². The van der Waals surface area contributed by atoms with Crippen LogP contribution in [0, 0.1) is 13.8 Å². The highest BCUT2D eigenvalue weighted by molar-refractivity contribution is 5.95. The van der Waals surface area contributed by atoms with Gasteiger partial charge in [-0.05, 0) is 37.5 Å². The van der Waals surface area contributed by atoms with Crippen molar-refractivity contribution in [1.29, 1.82) is 0 Å². The standard InChI is InChI=1S/C14H19NO3/c1-10-6-4-7-12(11(10)2)14(17)15-9-5-8-13(16)18-3/h4,6-7H,5,8-9H2,1-3H3,(H,15,17). The molecular weight excluding hydrogens is 230 g/mol. The number of amides is 1. The van der Waals surface area contributed by atoms with E-state index in [0.717, 1.165) is 11.1 Å². The highest BCUT2D eigenvalue weighted by Crippen LogP contribution is 2.12. The maximum absolute atomic E-state index is 11.9. The minimum absolute atomic E-state index is 0.0962. The van der Waals surface area contributed by atoms with Crippen LogP contribution in [0.4, 0.5) is 0 Å². The molecule has 0 saturated carbocycles. The maximum atomic E-state index is 11.9. The summed E-state index contributed by atoms with van der Waals surface area (Å²) in [6.07, 6.45) is 0.910. The summed E-state index contributed by atoms with van der Waals surface area (Å²) in [6, 6.07) is 5.65. The molecule has 1 N–H and O–H groups in total. The van der Waals surface area contributed by atoms with Gasteiger partial charge in [-0.25, -0.2) is 0 Å². The molecule has 0 bridgehead atoms.